The molecule has 0 atom stereocenters. The Morgan fingerprint density at radius 2 is 1.84 bits per heavy atom. The van der Waals surface area contributed by atoms with Gasteiger partial charge in [-0.05, 0) is 42.0 Å². The molecule has 1 aliphatic heterocycles. The summed E-state index contributed by atoms with van der Waals surface area (Å²) in [6.45, 7) is 1.22. The Morgan fingerprint density at radius 3 is 2.65 bits per heavy atom. The summed E-state index contributed by atoms with van der Waals surface area (Å²) in [5.74, 6) is 0.758. The molecule has 0 radical (unpaired) electrons. The summed E-state index contributed by atoms with van der Waals surface area (Å²) >= 11 is 0. The van der Waals surface area contributed by atoms with Gasteiger partial charge in [-0.15, -0.1) is 0 Å². The van der Waals surface area contributed by atoms with Gasteiger partial charge in [0.1, 0.15) is 0 Å². The van der Waals surface area contributed by atoms with Gasteiger partial charge in [-0.3, -0.25) is 9.78 Å². The van der Waals surface area contributed by atoms with E-state index in [9.17, 15) is 13.2 Å². The Kier molecular flexibility index (Phi) is 6.15. The van der Waals surface area contributed by atoms with Crippen LogP contribution in [0.1, 0.15) is 22.3 Å². The predicted molar refractivity (Wildman–Crippen MR) is 115 cm³/mol. The Bertz CT molecular complexity index is 1180. The summed E-state index contributed by atoms with van der Waals surface area (Å²) in [6, 6.07) is 14.5. The van der Waals surface area contributed by atoms with Gasteiger partial charge in [0, 0.05) is 42.7 Å². The Hall–Kier alpha value is -3.43. The first-order valence-corrected chi connectivity index (χ1v) is 11.2. The Morgan fingerprint density at radius 1 is 1.00 bits per heavy atom. The van der Waals surface area contributed by atoms with Crippen LogP contribution in [-0.4, -0.2) is 32.5 Å². The van der Waals surface area contributed by atoms with Gasteiger partial charge in [-0.1, -0.05) is 12.1 Å². The van der Waals surface area contributed by atoms with Crippen molar-refractivity contribution in [3.8, 4) is 11.5 Å². The van der Waals surface area contributed by atoms with Crippen LogP contribution in [-0.2, 0) is 16.6 Å². The lowest BCUT2D eigenvalue weighted by atomic mass is 10.2. The fraction of sp³-hybridized carbons (Fsp3) is 0.182. The van der Waals surface area contributed by atoms with E-state index in [1.165, 1.54) is 18.2 Å². The number of aromatic nitrogens is 1. The molecule has 0 aliphatic carbocycles. The quantitative estimate of drug-likeness (QED) is 0.612. The fourth-order valence-electron chi connectivity index (χ4n) is 3.01. The molecule has 0 spiro atoms. The van der Waals surface area contributed by atoms with Crippen LogP contribution in [0.3, 0.4) is 0 Å². The molecule has 3 aromatic rings. The number of carbonyl (C=O) groups is 1. The van der Waals surface area contributed by atoms with E-state index in [-0.39, 0.29) is 17.0 Å². The smallest absolute Gasteiger partial charge is 0.255 e. The molecule has 31 heavy (non-hydrogen) atoms. The molecule has 2 N–H and O–H groups in total. The van der Waals surface area contributed by atoms with E-state index >= 15 is 0 Å². The van der Waals surface area contributed by atoms with Crippen LogP contribution < -0.4 is 19.5 Å². The number of rotatable bonds is 6. The van der Waals surface area contributed by atoms with Crippen LogP contribution in [0.5, 0.6) is 11.5 Å². The zero-order valence-corrected chi connectivity index (χ0v) is 17.4. The Balaban J connectivity index is 1.47. The van der Waals surface area contributed by atoms with Crippen molar-refractivity contribution in [2.75, 3.05) is 18.5 Å². The third-order valence-corrected chi connectivity index (χ3v) is 6.00. The summed E-state index contributed by atoms with van der Waals surface area (Å²) in [7, 11) is -3.80. The lowest BCUT2D eigenvalue weighted by molar-refractivity contribution is 0.102. The lowest BCUT2D eigenvalue weighted by Crippen LogP contribution is -2.23. The number of sulfonamides is 1. The zero-order valence-electron chi connectivity index (χ0n) is 16.6. The number of amides is 1. The highest BCUT2D eigenvalue weighted by Gasteiger charge is 2.17. The predicted octanol–water partition coefficient (Wildman–Crippen LogP) is 2.97. The minimum atomic E-state index is -3.80. The van der Waals surface area contributed by atoms with E-state index in [4.69, 9.17) is 9.47 Å². The summed E-state index contributed by atoms with van der Waals surface area (Å²) in [6.07, 6.45) is 3.98. The molecule has 2 heterocycles. The Labute approximate surface area is 180 Å². The van der Waals surface area contributed by atoms with Crippen molar-refractivity contribution in [2.45, 2.75) is 17.9 Å². The molecule has 0 saturated carbocycles. The number of nitrogens with one attached hydrogen (secondary N) is 2. The van der Waals surface area contributed by atoms with E-state index in [0.717, 1.165) is 12.0 Å². The van der Waals surface area contributed by atoms with Crippen LogP contribution in [0.25, 0.3) is 0 Å². The second-order valence-electron chi connectivity index (χ2n) is 6.88. The first-order chi connectivity index (χ1) is 15.0. The highest BCUT2D eigenvalue weighted by Crippen LogP contribution is 2.32. The maximum atomic E-state index is 12.7. The highest BCUT2D eigenvalue weighted by molar-refractivity contribution is 7.89. The van der Waals surface area contributed by atoms with Gasteiger partial charge in [-0.2, -0.15) is 0 Å². The van der Waals surface area contributed by atoms with Crippen LogP contribution >= 0.6 is 0 Å². The molecule has 160 valence electrons. The van der Waals surface area contributed by atoms with Crippen LogP contribution in [0, 0.1) is 0 Å². The van der Waals surface area contributed by atoms with Crippen molar-refractivity contribution in [3.05, 3.63) is 78.1 Å². The molecule has 0 fully saturated rings. The minimum absolute atomic E-state index is 0.00250. The van der Waals surface area contributed by atoms with Crippen molar-refractivity contribution >= 4 is 21.6 Å². The maximum Gasteiger partial charge on any atom is 0.255 e. The molecule has 0 saturated heterocycles. The average molecular weight is 439 g/mol. The van der Waals surface area contributed by atoms with Crippen molar-refractivity contribution < 1.29 is 22.7 Å². The van der Waals surface area contributed by atoms with Gasteiger partial charge in [0.15, 0.2) is 11.5 Å². The third kappa shape index (κ3) is 5.19. The van der Waals surface area contributed by atoms with Crippen LogP contribution in [0.2, 0.25) is 0 Å². The van der Waals surface area contributed by atoms with E-state index in [1.54, 1.807) is 48.8 Å². The number of ether oxygens (including phenoxy) is 2. The highest BCUT2D eigenvalue weighted by atomic mass is 32.2. The van der Waals surface area contributed by atoms with E-state index < -0.39 is 15.9 Å². The maximum absolute atomic E-state index is 12.7. The summed E-state index contributed by atoms with van der Waals surface area (Å²) in [5, 5.41) is 2.77. The van der Waals surface area contributed by atoms with E-state index in [2.05, 4.69) is 15.0 Å². The van der Waals surface area contributed by atoms with Crippen LogP contribution in [0.15, 0.2) is 71.9 Å². The van der Waals surface area contributed by atoms with Gasteiger partial charge in [-0.25, -0.2) is 13.1 Å². The standard InChI is InChI=1S/C22H21N3O5S/c26-22(25-18-7-8-20-21(13-18)30-11-3-10-29-20)17-5-1-6-19(12-17)31(27,28)24-15-16-4-2-9-23-14-16/h1-2,4-9,12-14,24H,3,10-11,15H2,(H,25,26). The molecule has 9 heteroatoms. The summed E-state index contributed by atoms with van der Waals surface area (Å²) in [5.41, 5.74) is 1.47. The zero-order chi connectivity index (χ0) is 21.7. The van der Waals surface area contributed by atoms with Crippen molar-refractivity contribution in [1.29, 1.82) is 0 Å². The number of carbonyl (C=O) groups excluding carboxylic acids is 1. The van der Waals surface area contributed by atoms with Gasteiger partial charge in [0.25, 0.3) is 5.91 Å². The second kappa shape index (κ2) is 9.15. The van der Waals surface area contributed by atoms with Gasteiger partial charge in [0.05, 0.1) is 18.1 Å². The molecule has 4 rings (SSSR count). The minimum Gasteiger partial charge on any atom is -0.490 e. The van der Waals surface area contributed by atoms with Crippen molar-refractivity contribution in [3.63, 3.8) is 0 Å². The monoisotopic (exact) mass is 439 g/mol. The molecule has 0 unspecified atom stereocenters. The summed E-state index contributed by atoms with van der Waals surface area (Å²) in [4.78, 5) is 16.7. The molecule has 1 aromatic heterocycles. The second-order valence-corrected chi connectivity index (χ2v) is 8.65. The number of anilines is 1. The third-order valence-electron chi connectivity index (χ3n) is 4.60. The summed E-state index contributed by atoms with van der Waals surface area (Å²) < 4.78 is 39.0. The lowest BCUT2D eigenvalue weighted by Gasteiger charge is -2.11. The average Bonchev–Trinajstić information content (AvgIpc) is 3.04. The SMILES string of the molecule is O=C(Nc1ccc2c(c1)OCCCO2)c1cccc(S(=O)(=O)NCc2cccnc2)c1. The van der Waals surface area contributed by atoms with Crippen molar-refractivity contribution in [2.24, 2.45) is 0 Å². The topological polar surface area (TPSA) is 107 Å². The number of pyridine rings is 1. The molecule has 2 aromatic carbocycles. The largest absolute Gasteiger partial charge is 0.490 e. The van der Waals surface area contributed by atoms with E-state index in [1.807, 2.05) is 0 Å². The molecule has 1 amide bonds. The number of hydrogen-bond acceptors (Lipinski definition) is 6. The number of nitrogens with zero attached hydrogens (tertiary/aromatic N) is 1. The van der Waals surface area contributed by atoms with Crippen molar-refractivity contribution in [1.82, 2.24) is 9.71 Å². The first kappa shape index (κ1) is 20.8. The molecular weight excluding hydrogens is 418 g/mol. The molecule has 0 bridgehead atoms. The van der Waals surface area contributed by atoms with Gasteiger partial charge >= 0.3 is 0 Å². The number of fused-ring (bicyclic) bond motifs is 1. The number of benzene rings is 2. The number of hydrogen-bond donors (Lipinski definition) is 2. The van der Waals surface area contributed by atoms with Gasteiger partial charge < -0.3 is 14.8 Å². The van der Waals surface area contributed by atoms with Gasteiger partial charge in [0.2, 0.25) is 10.0 Å². The van der Waals surface area contributed by atoms with E-state index in [0.29, 0.717) is 30.4 Å². The fourth-order valence-corrected chi connectivity index (χ4v) is 4.08. The molecular formula is C22H21N3O5S. The molecule has 8 nitrogen and oxygen atoms in total. The normalized spacial score (nSPS) is 13.3. The molecule has 1 aliphatic rings. The first-order valence-electron chi connectivity index (χ1n) is 9.71. The van der Waals surface area contributed by atoms with Crippen LogP contribution in [0.4, 0.5) is 5.69 Å².